The van der Waals surface area contributed by atoms with E-state index in [4.69, 9.17) is 9.84 Å². The zero-order valence-electron chi connectivity index (χ0n) is 20.9. The van der Waals surface area contributed by atoms with E-state index in [1.165, 1.54) is 0 Å². The Kier molecular flexibility index (Phi) is 7.98. The lowest BCUT2D eigenvalue weighted by Gasteiger charge is -2.31. The quantitative estimate of drug-likeness (QED) is 0.233. The summed E-state index contributed by atoms with van der Waals surface area (Å²) in [5, 5.41) is 22.5. The van der Waals surface area contributed by atoms with Crippen LogP contribution in [0, 0.1) is 5.92 Å². The van der Waals surface area contributed by atoms with E-state index < -0.39 is 0 Å². The topological polar surface area (TPSA) is 90.5 Å². The maximum atomic E-state index is 13.2. The average molecular weight is 519 g/mol. The molecule has 2 aromatic carbocycles. The van der Waals surface area contributed by atoms with Crippen molar-refractivity contribution >= 4 is 29.4 Å². The minimum absolute atomic E-state index is 0.0727. The standard InChI is InChI=1S/C29H34N4O3S/c1-2-19(18-37)27(20-3-4-20)30-29(35)22-7-10-26-25(17-22)28(32-31-26)21-5-8-23(9-6-21)36-24-11-13-33(14-12-24)15-16-34/h2,5-10,17-18,20,24,27,34,37H,1,3-4,11-16H2,(H,30,35)(H,31,32)/b19-18+. The van der Waals surface area contributed by atoms with Gasteiger partial charge >= 0.3 is 0 Å². The van der Waals surface area contributed by atoms with E-state index in [1.807, 2.05) is 42.5 Å². The van der Waals surface area contributed by atoms with Gasteiger partial charge in [-0.05, 0) is 85.0 Å². The predicted molar refractivity (Wildman–Crippen MR) is 150 cm³/mol. The van der Waals surface area contributed by atoms with E-state index >= 15 is 0 Å². The lowest BCUT2D eigenvalue weighted by Crippen LogP contribution is -2.39. The molecule has 0 spiro atoms. The SMILES string of the molecule is C=C/C(=C\S)C(NC(=O)c1ccc2[nH]nc(-c3ccc(OC4CCN(CCO)CC4)cc3)c2c1)C1CC1. The molecule has 2 heterocycles. The highest BCUT2D eigenvalue weighted by atomic mass is 32.1. The molecule has 2 fully saturated rings. The number of nitrogens with one attached hydrogen (secondary N) is 2. The summed E-state index contributed by atoms with van der Waals surface area (Å²) in [6.45, 7) is 6.69. The van der Waals surface area contributed by atoms with E-state index in [-0.39, 0.29) is 24.7 Å². The Morgan fingerprint density at radius 3 is 2.62 bits per heavy atom. The van der Waals surface area contributed by atoms with Crippen molar-refractivity contribution in [2.75, 3.05) is 26.2 Å². The minimum Gasteiger partial charge on any atom is -0.490 e. The van der Waals surface area contributed by atoms with Crippen LogP contribution in [0.5, 0.6) is 5.75 Å². The number of nitrogens with zero attached hydrogens (tertiary/aromatic N) is 2. The molecule has 1 saturated heterocycles. The summed E-state index contributed by atoms with van der Waals surface area (Å²) in [6.07, 6.45) is 6.05. The van der Waals surface area contributed by atoms with Gasteiger partial charge in [0.2, 0.25) is 0 Å². The molecule has 1 atom stereocenters. The van der Waals surface area contributed by atoms with E-state index in [0.29, 0.717) is 11.5 Å². The van der Waals surface area contributed by atoms with Crippen LogP contribution in [0.1, 0.15) is 36.0 Å². The van der Waals surface area contributed by atoms with Gasteiger partial charge < -0.3 is 20.1 Å². The summed E-state index contributed by atoms with van der Waals surface area (Å²) in [6, 6.07) is 13.5. The van der Waals surface area contributed by atoms with Crippen molar-refractivity contribution in [1.82, 2.24) is 20.4 Å². The monoisotopic (exact) mass is 518 g/mol. The summed E-state index contributed by atoms with van der Waals surface area (Å²) in [5.74, 6) is 1.15. The fourth-order valence-corrected chi connectivity index (χ4v) is 5.30. The molecule has 0 radical (unpaired) electrons. The first-order chi connectivity index (χ1) is 18.1. The van der Waals surface area contributed by atoms with Crippen LogP contribution in [-0.4, -0.2) is 64.5 Å². The Bertz CT molecular complexity index is 1270. The number of rotatable bonds is 10. The highest BCUT2D eigenvalue weighted by molar-refractivity contribution is 7.83. The van der Waals surface area contributed by atoms with Gasteiger partial charge in [-0.3, -0.25) is 9.89 Å². The molecule has 1 unspecified atom stereocenters. The molecule has 3 N–H and O–H groups in total. The number of aliphatic hydroxyl groups excluding tert-OH is 1. The maximum Gasteiger partial charge on any atom is 0.251 e. The fourth-order valence-electron chi connectivity index (χ4n) is 5.04. The second-order valence-electron chi connectivity index (χ2n) is 9.86. The molecule has 0 bridgehead atoms. The van der Waals surface area contributed by atoms with Crippen LogP contribution in [0.3, 0.4) is 0 Å². The van der Waals surface area contributed by atoms with Crippen LogP contribution in [-0.2, 0) is 0 Å². The number of carbonyl (C=O) groups is 1. The molecule has 7 nitrogen and oxygen atoms in total. The first kappa shape index (κ1) is 25.6. The van der Waals surface area contributed by atoms with Gasteiger partial charge in [-0.25, -0.2) is 0 Å². The Labute approximate surface area is 223 Å². The second kappa shape index (κ2) is 11.5. The summed E-state index contributed by atoms with van der Waals surface area (Å²) in [4.78, 5) is 15.4. The molecule has 1 aliphatic carbocycles. The van der Waals surface area contributed by atoms with Gasteiger partial charge in [0.1, 0.15) is 11.9 Å². The summed E-state index contributed by atoms with van der Waals surface area (Å²) in [7, 11) is 0. The minimum atomic E-state index is -0.116. The van der Waals surface area contributed by atoms with Crippen LogP contribution in [0.15, 0.2) is 66.1 Å². The van der Waals surface area contributed by atoms with Crippen molar-refractivity contribution in [2.24, 2.45) is 5.92 Å². The number of aliphatic hydroxyl groups is 1. The fraction of sp³-hybridized carbons (Fsp3) is 0.379. The van der Waals surface area contributed by atoms with Crippen LogP contribution < -0.4 is 10.1 Å². The van der Waals surface area contributed by atoms with Gasteiger partial charge in [-0.2, -0.15) is 17.7 Å². The molecule has 1 amide bonds. The van der Waals surface area contributed by atoms with Crippen LogP contribution in [0.2, 0.25) is 0 Å². The number of amides is 1. The molecule has 1 aromatic heterocycles. The molecule has 3 aromatic rings. The number of benzene rings is 2. The van der Waals surface area contributed by atoms with Gasteiger partial charge in [0.25, 0.3) is 5.91 Å². The lowest BCUT2D eigenvalue weighted by atomic mass is 10.0. The zero-order valence-corrected chi connectivity index (χ0v) is 21.8. The highest BCUT2D eigenvalue weighted by Gasteiger charge is 2.34. The Morgan fingerprint density at radius 2 is 1.97 bits per heavy atom. The normalized spacial score (nSPS) is 18.1. The van der Waals surface area contributed by atoms with Crippen LogP contribution in [0.25, 0.3) is 22.2 Å². The van der Waals surface area contributed by atoms with E-state index in [1.54, 1.807) is 11.5 Å². The van der Waals surface area contributed by atoms with Crippen molar-refractivity contribution in [3.05, 3.63) is 71.7 Å². The molecular formula is C29H34N4O3S. The number of hydrogen-bond acceptors (Lipinski definition) is 6. The largest absolute Gasteiger partial charge is 0.490 e. The Morgan fingerprint density at radius 1 is 1.22 bits per heavy atom. The number of piperidine rings is 1. The third-order valence-corrected chi connectivity index (χ3v) is 7.63. The number of fused-ring (bicyclic) bond motifs is 1. The van der Waals surface area contributed by atoms with Gasteiger partial charge in [-0.1, -0.05) is 12.7 Å². The summed E-state index contributed by atoms with van der Waals surface area (Å²) >= 11 is 4.30. The van der Waals surface area contributed by atoms with Crippen molar-refractivity contribution < 1.29 is 14.6 Å². The highest BCUT2D eigenvalue weighted by Crippen LogP contribution is 2.36. The smallest absolute Gasteiger partial charge is 0.251 e. The Balaban J connectivity index is 1.29. The number of thiol groups is 1. The van der Waals surface area contributed by atoms with Crippen LogP contribution in [0.4, 0.5) is 0 Å². The first-order valence-corrected chi connectivity index (χ1v) is 13.5. The molecule has 1 aliphatic heterocycles. The van der Waals surface area contributed by atoms with Crippen molar-refractivity contribution in [1.29, 1.82) is 0 Å². The summed E-state index contributed by atoms with van der Waals surface area (Å²) < 4.78 is 6.20. The third-order valence-electron chi connectivity index (χ3n) is 7.33. The van der Waals surface area contributed by atoms with E-state index in [0.717, 1.165) is 78.8 Å². The first-order valence-electron chi connectivity index (χ1n) is 13.0. The summed E-state index contributed by atoms with van der Waals surface area (Å²) in [5.41, 5.74) is 4.16. The molecule has 2 aliphatic rings. The van der Waals surface area contributed by atoms with Gasteiger partial charge in [0.05, 0.1) is 23.9 Å². The van der Waals surface area contributed by atoms with E-state index in [2.05, 4.69) is 39.6 Å². The van der Waals surface area contributed by atoms with Gasteiger partial charge in [0.15, 0.2) is 0 Å². The molecule has 5 rings (SSSR count). The van der Waals surface area contributed by atoms with Crippen molar-refractivity contribution in [3.63, 3.8) is 0 Å². The van der Waals surface area contributed by atoms with Crippen molar-refractivity contribution in [2.45, 2.75) is 37.8 Å². The number of aromatic amines is 1. The molecule has 37 heavy (non-hydrogen) atoms. The second-order valence-corrected chi connectivity index (χ2v) is 10.1. The number of aromatic nitrogens is 2. The van der Waals surface area contributed by atoms with Crippen LogP contribution >= 0.6 is 12.6 Å². The number of H-pyrrole nitrogens is 1. The molecular weight excluding hydrogens is 484 g/mol. The number of ether oxygens (including phenoxy) is 1. The zero-order chi connectivity index (χ0) is 25.8. The number of carbonyl (C=O) groups excluding carboxylic acids is 1. The average Bonchev–Trinajstić information content (AvgIpc) is 3.69. The van der Waals surface area contributed by atoms with E-state index in [9.17, 15) is 4.79 Å². The van der Waals surface area contributed by atoms with Gasteiger partial charge in [0, 0.05) is 36.1 Å². The Hall–Kier alpha value is -3.07. The predicted octanol–water partition coefficient (Wildman–Crippen LogP) is 4.57. The van der Waals surface area contributed by atoms with Crippen molar-refractivity contribution in [3.8, 4) is 17.0 Å². The number of likely N-dealkylation sites (tertiary alicyclic amines) is 1. The molecule has 8 heteroatoms. The number of β-amino-alcohol motifs (C(OH)–C–C–N with tert-alkyl or cyclic N) is 1. The number of hydrogen-bond donors (Lipinski definition) is 4. The molecule has 1 saturated carbocycles. The third kappa shape index (κ3) is 5.92. The lowest BCUT2D eigenvalue weighted by molar-refractivity contribution is 0.0889. The maximum absolute atomic E-state index is 13.2. The molecule has 194 valence electrons. The van der Waals surface area contributed by atoms with Gasteiger partial charge in [-0.15, -0.1) is 0 Å².